The first-order valence-electron chi connectivity index (χ1n) is 8.19. The quantitative estimate of drug-likeness (QED) is 0.683. The molecule has 0 unspecified atom stereocenters. The molecule has 0 radical (unpaired) electrons. The summed E-state index contributed by atoms with van der Waals surface area (Å²) in [6.07, 6.45) is 0. The first kappa shape index (κ1) is 19.1. The van der Waals surface area contributed by atoms with E-state index in [9.17, 15) is 9.59 Å². The van der Waals surface area contributed by atoms with Crippen molar-refractivity contribution in [3.05, 3.63) is 90.5 Å². The molecule has 0 atom stereocenters. The molecule has 3 rings (SSSR count). The highest BCUT2D eigenvalue weighted by Gasteiger charge is 2.18. The second-order valence-electron chi connectivity index (χ2n) is 6.12. The van der Waals surface area contributed by atoms with E-state index in [4.69, 9.17) is 28.9 Å². The molecule has 0 aliphatic carbocycles. The number of aromatic nitrogens is 2. The zero-order valence-corrected chi connectivity index (χ0v) is 16.1. The fraction of sp³-hybridized carbons (Fsp3) is 0.158. The Morgan fingerprint density at radius 3 is 2.30 bits per heavy atom. The fourth-order valence-electron chi connectivity index (χ4n) is 2.87. The molecule has 0 spiro atoms. The van der Waals surface area contributed by atoms with Gasteiger partial charge in [-0.25, -0.2) is 4.79 Å². The fourth-order valence-corrected chi connectivity index (χ4v) is 3.39. The first-order chi connectivity index (χ1) is 12.9. The van der Waals surface area contributed by atoms with E-state index in [0.717, 1.165) is 5.56 Å². The third-order valence-corrected chi connectivity index (χ3v) is 4.94. The number of hydrogen-bond donors (Lipinski definition) is 2. The summed E-state index contributed by atoms with van der Waals surface area (Å²) in [5.74, 6) is 0.0817. The largest absolute Gasteiger partial charge is 0.383 e. The van der Waals surface area contributed by atoms with Gasteiger partial charge in [-0.3, -0.25) is 14.3 Å². The SMILES string of the molecule is CN(Cc1c(Cl)cccc1Cl)c1c(N)n(Cc2ccccc2)c(=O)[nH]c1=O. The number of aromatic amines is 1. The van der Waals surface area contributed by atoms with Crippen molar-refractivity contribution in [1.29, 1.82) is 0 Å². The molecule has 0 aliphatic heterocycles. The zero-order valence-electron chi connectivity index (χ0n) is 14.6. The van der Waals surface area contributed by atoms with E-state index in [1.54, 1.807) is 30.1 Å². The Labute approximate surface area is 165 Å². The van der Waals surface area contributed by atoms with Crippen LogP contribution in [0.2, 0.25) is 10.0 Å². The highest BCUT2D eigenvalue weighted by Crippen LogP contribution is 2.27. The summed E-state index contributed by atoms with van der Waals surface area (Å²) in [7, 11) is 1.69. The predicted molar refractivity (Wildman–Crippen MR) is 110 cm³/mol. The van der Waals surface area contributed by atoms with Crippen LogP contribution in [0.5, 0.6) is 0 Å². The average molecular weight is 405 g/mol. The van der Waals surface area contributed by atoms with Gasteiger partial charge in [0, 0.05) is 29.2 Å². The Bertz CT molecular complexity index is 1060. The lowest BCUT2D eigenvalue weighted by Gasteiger charge is -2.23. The van der Waals surface area contributed by atoms with Gasteiger partial charge in [0.2, 0.25) is 0 Å². The van der Waals surface area contributed by atoms with Crippen molar-refractivity contribution >= 4 is 34.7 Å². The Morgan fingerprint density at radius 1 is 1.04 bits per heavy atom. The third kappa shape index (κ3) is 4.02. The molecule has 6 nitrogen and oxygen atoms in total. The average Bonchev–Trinajstić information content (AvgIpc) is 2.62. The third-order valence-electron chi connectivity index (χ3n) is 4.24. The Hall–Kier alpha value is -2.70. The number of nitrogens with zero attached hydrogens (tertiary/aromatic N) is 2. The minimum Gasteiger partial charge on any atom is -0.383 e. The maximum absolute atomic E-state index is 12.4. The monoisotopic (exact) mass is 404 g/mol. The van der Waals surface area contributed by atoms with Crippen LogP contribution in [0.3, 0.4) is 0 Å². The Morgan fingerprint density at radius 2 is 1.67 bits per heavy atom. The molecule has 140 valence electrons. The lowest BCUT2D eigenvalue weighted by Crippen LogP contribution is -2.37. The van der Waals surface area contributed by atoms with Crippen LogP contribution in [-0.4, -0.2) is 16.6 Å². The van der Waals surface area contributed by atoms with Crippen molar-refractivity contribution in [3.8, 4) is 0 Å². The summed E-state index contributed by atoms with van der Waals surface area (Å²) in [5.41, 5.74) is 6.82. The molecule has 3 N–H and O–H groups in total. The number of nitrogens with two attached hydrogens (primary N) is 1. The summed E-state index contributed by atoms with van der Waals surface area (Å²) in [4.78, 5) is 28.6. The number of H-pyrrole nitrogens is 1. The van der Waals surface area contributed by atoms with E-state index in [0.29, 0.717) is 15.6 Å². The minimum absolute atomic E-state index is 0.0817. The molecule has 0 fully saturated rings. The zero-order chi connectivity index (χ0) is 19.6. The second kappa shape index (κ2) is 7.90. The van der Waals surface area contributed by atoms with Gasteiger partial charge in [-0.1, -0.05) is 59.6 Å². The van der Waals surface area contributed by atoms with Crippen molar-refractivity contribution in [3.63, 3.8) is 0 Å². The molecule has 0 aliphatic rings. The highest BCUT2D eigenvalue weighted by atomic mass is 35.5. The van der Waals surface area contributed by atoms with Crippen molar-refractivity contribution in [2.45, 2.75) is 13.1 Å². The summed E-state index contributed by atoms with van der Waals surface area (Å²) < 4.78 is 1.33. The van der Waals surface area contributed by atoms with Gasteiger partial charge in [-0.15, -0.1) is 0 Å². The molecule has 27 heavy (non-hydrogen) atoms. The Balaban J connectivity index is 2.01. The van der Waals surface area contributed by atoms with E-state index < -0.39 is 11.2 Å². The molecule has 1 heterocycles. The molecule has 8 heteroatoms. The van der Waals surface area contributed by atoms with Crippen LogP contribution in [0.4, 0.5) is 11.5 Å². The van der Waals surface area contributed by atoms with Gasteiger partial charge >= 0.3 is 5.69 Å². The topological polar surface area (TPSA) is 84.1 Å². The van der Waals surface area contributed by atoms with E-state index in [1.165, 1.54) is 4.57 Å². The van der Waals surface area contributed by atoms with Crippen molar-refractivity contribution in [2.24, 2.45) is 0 Å². The van der Waals surface area contributed by atoms with E-state index in [-0.39, 0.29) is 24.6 Å². The molecule has 3 aromatic rings. The highest BCUT2D eigenvalue weighted by molar-refractivity contribution is 6.36. The number of nitrogens with one attached hydrogen (secondary N) is 1. The van der Waals surface area contributed by atoms with Gasteiger partial charge in [-0.2, -0.15) is 0 Å². The molecule has 0 saturated heterocycles. The van der Waals surface area contributed by atoms with Crippen LogP contribution < -0.4 is 21.9 Å². The van der Waals surface area contributed by atoms with Gasteiger partial charge < -0.3 is 10.6 Å². The standard InChI is InChI=1S/C19H18Cl2N4O2/c1-24(11-13-14(20)8-5-9-15(13)21)16-17(22)25(19(27)23-18(16)26)10-12-6-3-2-4-7-12/h2-9H,10-11,22H2,1H3,(H,23,26,27). The van der Waals surface area contributed by atoms with Crippen molar-refractivity contribution < 1.29 is 0 Å². The normalized spacial score (nSPS) is 10.8. The van der Waals surface area contributed by atoms with Crippen molar-refractivity contribution in [2.75, 3.05) is 17.7 Å². The van der Waals surface area contributed by atoms with Crippen LogP contribution >= 0.6 is 23.2 Å². The first-order valence-corrected chi connectivity index (χ1v) is 8.94. The summed E-state index contributed by atoms with van der Waals surface area (Å²) >= 11 is 12.4. The van der Waals surface area contributed by atoms with Gasteiger partial charge in [0.25, 0.3) is 5.56 Å². The minimum atomic E-state index is -0.563. The van der Waals surface area contributed by atoms with Crippen LogP contribution in [0.15, 0.2) is 58.1 Å². The van der Waals surface area contributed by atoms with E-state index in [2.05, 4.69) is 4.98 Å². The molecule has 2 aromatic carbocycles. The second-order valence-corrected chi connectivity index (χ2v) is 6.94. The van der Waals surface area contributed by atoms with Crippen LogP contribution in [-0.2, 0) is 13.1 Å². The number of halogens is 2. The van der Waals surface area contributed by atoms with Gasteiger partial charge in [0.15, 0.2) is 0 Å². The number of rotatable bonds is 5. The molecular formula is C19H18Cl2N4O2. The summed E-state index contributed by atoms with van der Waals surface area (Å²) in [6.45, 7) is 0.505. The lowest BCUT2D eigenvalue weighted by atomic mass is 10.2. The molecule has 0 saturated carbocycles. The number of nitrogen functional groups attached to an aromatic ring is 1. The number of anilines is 2. The maximum atomic E-state index is 12.4. The van der Waals surface area contributed by atoms with Crippen LogP contribution in [0.1, 0.15) is 11.1 Å². The van der Waals surface area contributed by atoms with Crippen LogP contribution in [0.25, 0.3) is 0 Å². The number of hydrogen-bond acceptors (Lipinski definition) is 4. The predicted octanol–water partition coefficient (Wildman–Crippen LogP) is 3.11. The molecule has 0 amide bonds. The Kier molecular flexibility index (Phi) is 5.58. The smallest absolute Gasteiger partial charge is 0.330 e. The lowest BCUT2D eigenvalue weighted by molar-refractivity contribution is 0.725. The number of benzene rings is 2. The van der Waals surface area contributed by atoms with Crippen molar-refractivity contribution in [1.82, 2.24) is 9.55 Å². The summed E-state index contributed by atoms with van der Waals surface area (Å²) in [5, 5.41) is 0.976. The van der Waals surface area contributed by atoms with Gasteiger partial charge in [-0.05, 0) is 17.7 Å². The van der Waals surface area contributed by atoms with Gasteiger partial charge in [0.1, 0.15) is 11.5 Å². The summed E-state index contributed by atoms with van der Waals surface area (Å²) in [6, 6.07) is 14.6. The maximum Gasteiger partial charge on any atom is 0.330 e. The molecular weight excluding hydrogens is 387 g/mol. The van der Waals surface area contributed by atoms with Gasteiger partial charge in [0.05, 0.1) is 6.54 Å². The van der Waals surface area contributed by atoms with Crippen LogP contribution in [0, 0.1) is 0 Å². The van der Waals surface area contributed by atoms with E-state index >= 15 is 0 Å². The van der Waals surface area contributed by atoms with E-state index in [1.807, 2.05) is 30.3 Å². The molecule has 1 aromatic heterocycles. The molecule has 0 bridgehead atoms.